The van der Waals surface area contributed by atoms with Gasteiger partial charge >= 0.3 is 5.97 Å². The van der Waals surface area contributed by atoms with Crippen molar-refractivity contribution in [1.29, 1.82) is 0 Å². The molecule has 2 fully saturated rings. The fourth-order valence-corrected chi connectivity index (χ4v) is 4.14. The number of nitrogens with zero attached hydrogens (tertiary/aromatic N) is 3. The smallest absolute Gasteiger partial charge is 0.350 e. The Morgan fingerprint density at radius 2 is 2.21 bits per heavy atom. The van der Waals surface area contributed by atoms with Gasteiger partial charge < -0.3 is 15.0 Å². The van der Waals surface area contributed by atoms with Crippen molar-refractivity contribution in [1.82, 2.24) is 15.2 Å². The van der Waals surface area contributed by atoms with Crippen molar-refractivity contribution in [2.45, 2.75) is 19.8 Å². The maximum atomic E-state index is 11.7. The normalized spacial score (nSPS) is 22.0. The Hall–Kier alpha value is -0.890. The SMILES string of the molecule is CCOC(=O)c1cnc(N2CCN(CC3CCCNC3)CC2)s1.Cl. The number of hydrogen-bond acceptors (Lipinski definition) is 7. The Morgan fingerprint density at radius 1 is 1.42 bits per heavy atom. The molecule has 1 N–H and O–H groups in total. The molecule has 0 saturated carbocycles. The summed E-state index contributed by atoms with van der Waals surface area (Å²) in [4.78, 5) is 21.6. The highest BCUT2D eigenvalue weighted by molar-refractivity contribution is 7.17. The van der Waals surface area contributed by atoms with Crippen LogP contribution in [0.2, 0.25) is 0 Å². The van der Waals surface area contributed by atoms with E-state index in [2.05, 4.69) is 20.1 Å². The van der Waals surface area contributed by atoms with Crippen LogP contribution in [0.5, 0.6) is 0 Å². The molecule has 0 radical (unpaired) electrons. The summed E-state index contributed by atoms with van der Waals surface area (Å²) < 4.78 is 5.03. The Bertz CT molecular complexity index is 514. The van der Waals surface area contributed by atoms with Crippen LogP contribution in [0, 0.1) is 5.92 Å². The molecule has 24 heavy (non-hydrogen) atoms. The second-order valence-electron chi connectivity index (χ2n) is 6.23. The van der Waals surface area contributed by atoms with Crippen LogP contribution in [0.15, 0.2) is 6.20 Å². The van der Waals surface area contributed by atoms with Crippen molar-refractivity contribution in [3.05, 3.63) is 11.1 Å². The van der Waals surface area contributed by atoms with Gasteiger partial charge in [-0.3, -0.25) is 4.90 Å². The van der Waals surface area contributed by atoms with Gasteiger partial charge in [0, 0.05) is 32.7 Å². The Kier molecular flexibility index (Phi) is 7.74. The predicted octanol–water partition coefficient (Wildman–Crippen LogP) is 1.86. The van der Waals surface area contributed by atoms with Gasteiger partial charge in [-0.25, -0.2) is 9.78 Å². The summed E-state index contributed by atoms with van der Waals surface area (Å²) in [7, 11) is 0. The zero-order valence-corrected chi connectivity index (χ0v) is 15.8. The number of aromatic nitrogens is 1. The minimum Gasteiger partial charge on any atom is -0.462 e. The highest BCUT2D eigenvalue weighted by atomic mass is 35.5. The second kappa shape index (κ2) is 9.56. The molecule has 8 heteroatoms. The molecule has 1 unspecified atom stereocenters. The van der Waals surface area contributed by atoms with E-state index in [4.69, 9.17) is 4.74 Å². The van der Waals surface area contributed by atoms with Crippen LogP contribution in [0.3, 0.4) is 0 Å². The van der Waals surface area contributed by atoms with Crippen LogP contribution in [-0.2, 0) is 4.74 Å². The molecule has 6 nitrogen and oxygen atoms in total. The topological polar surface area (TPSA) is 57.7 Å². The van der Waals surface area contributed by atoms with Crippen molar-refractivity contribution < 1.29 is 9.53 Å². The van der Waals surface area contributed by atoms with Gasteiger partial charge in [-0.05, 0) is 38.8 Å². The average molecular weight is 375 g/mol. The molecule has 1 atom stereocenters. The van der Waals surface area contributed by atoms with Gasteiger partial charge in [0.05, 0.1) is 12.8 Å². The zero-order valence-electron chi connectivity index (χ0n) is 14.2. The van der Waals surface area contributed by atoms with Gasteiger partial charge in [-0.15, -0.1) is 12.4 Å². The van der Waals surface area contributed by atoms with Crippen LogP contribution in [0.25, 0.3) is 0 Å². The molecular weight excluding hydrogens is 348 g/mol. The summed E-state index contributed by atoms with van der Waals surface area (Å²) >= 11 is 1.44. The minimum atomic E-state index is -0.264. The number of piperazine rings is 1. The summed E-state index contributed by atoms with van der Waals surface area (Å²) in [5.74, 6) is 0.533. The third-order valence-electron chi connectivity index (χ3n) is 4.53. The van der Waals surface area contributed by atoms with Crippen molar-refractivity contribution in [2.75, 3.05) is 57.3 Å². The molecule has 0 aromatic carbocycles. The van der Waals surface area contributed by atoms with Gasteiger partial charge in [-0.1, -0.05) is 11.3 Å². The summed E-state index contributed by atoms with van der Waals surface area (Å²) in [6.45, 7) is 9.88. The summed E-state index contributed by atoms with van der Waals surface area (Å²) in [5, 5.41) is 4.43. The molecule has 0 aliphatic carbocycles. The molecule has 1 aromatic rings. The van der Waals surface area contributed by atoms with E-state index in [9.17, 15) is 4.79 Å². The van der Waals surface area contributed by atoms with Crippen molar-refractivity contribution in [3.63, 3.8) is 0 Å². The highest BCUT2D eigenvalue weighted by Crippen LogP contribution is 2.24. The number of piperidine rings is 1. The lowest BCUT2D eigenvalue weighted by Crippen LogP contribution is -2.49. The van der Waals surface area contributed by atoms with Crippen LogP contribution >= 0.6 is 23.7 Å². The summed E-state index contributed by atoms with van der Waals surface area (Å²) in [6.07, 6.45) is 4.29. The third-order valence-corrected chi connectivity index (χ3v) is 5.57. The molecular formula is C16H27ClN4O2S. The number of rotatable bonds is 5. The number of carbonyl (C=O) groups excluding carboxylic acids is 1. The predicted molar refractivity (Wildman–Crippen MR) is 99.6 cm³/mol. The van der Waals surface area contributed by atoms with Gasteiger partial charge in [0.25, 0.3) is 0 Å². The number of ether oxygens (including phenoxy) is 1. The largest absolute Gasteiger partial charge is 0.462 e. The first kappa shape index (κ1) is 19.4. The number of thiazole rings is 1. The maximum Gasteiger partial charge on any atom is 0.350 e. The third kappa shape index (κ3) is 5.05. The molecule has 0 amide bonds. The van der Waals surface area contributed by atoms with Gasteiger partial charge in [0.1, 0.15) is 4.88 Å². The second-order valence-corrected chi connectivity index (χ2v) is 7.24. The van der Waals surface area contributed by atoms with E-state index in [1.54, 1.807) is 6.20 Å². The van der Waals surface area contributed by atoms with Crippen LogP contribution < -0.4 is 10.2 Å². The Labute approximate surface area is 154 Å². The van der Waals surface area contributed by atoms with E-state index < -0.39 is 0 Å². The van der Waals surface area contributed by atoms with E-state index in [-0.39, 0.29) is 18.4 Å². The van der Waals surface area contributed by atoms with E-state index >= 15 is 0 Å². The quantitative estimate of drug-likeness (QED) is 0.794. The monoisotopic (exact) mass is 374 g/mol. The zero-order chi connectivity index (χ0) is 16.1. The number of halogens is 1. The number of esters is 1. The first-order valence-corrected chi connectivity index (χ1v) is 9.39. The fraction of sp³-hybridized carbons (Fsp3) is 0.750. The molecule has 2 aliphatic rings. The lowest BCUT2D eigenvalue weighted by atomic mass is 9.99. The molecule has 0 bridgehead atoms. The Balaban J connectivity index is 0.00000208. The average Bonchev–Trinajstić information content (AvgIpc) is 3.07. The molecule has 3 heterocycles. The van der Waals surface area contributed by atoms with E-state index in [1.165, 1.54) is 37.3 Å². The van der Waals surface area contributed by atoms with Gasteiger partial charge in [0.15, 0.2) is 5.13 Å². The summed E-state index contributed by atoms with van der Waals surface area (Å²) in [6, 6.07) is 0. The van der Waals surface area contributed by atoms with Crippen molar-refractivity contribution in [2.24, 2.45) is 5.92 Å². The number of anilines is 1. The summed E-state index contributed by atoms with van der Waals surface area (Å²) in [5.41, 5.74) is 0. The van der Waals surface area contributed by atoms with E-state index in [1.807, 2.05) is 6.92 Å². The van der Waals surface area contributed by atoms with Gasteiger partial charge in [0.2, 0.25) is 0 Å². The first-order valence-electron chi connectivity index (χ1n) is 8.57. The van der Waals surface area contributed by atoms with Crippen LogP contribution in [-0.4, -0.2) is 68.3 Å². The first-order chi connectivity index (χ1) is 11.3. The maximum absolute atomic E-state index is 11.7. The van der Waals surface area contributed by atoms with Crippen molar-refractivity contribution in [3.8, 4) is 0 Å². The fourth-order valence-electron chi connectivity index (χ4n) is 3.27. The van der Waals surface area contributed by atoms with Crippen molar-refractivity contribution >= 4 is 34.8 Å². The number of carbonyl (C=O) groups is 1. The Morgan fingerprint density at radius 3 is 2.88 bits per heavy atom. The number of nitrogens with one attached hydrogen (secondary N) is 1. The highest BCUT2D eigenvalue weighted by Gasteiger charge is 2.23. The van der Waals surface area contributed by atoms with Crippen LogP contribution in [0.1, 0.15) is 29.4 Å². The standard InChI is InChI=1S/C16H26N4O2S.ClH/c1-2-22-15(21)14-11-18-16(23-14)20-8-6-19(7-9-20)12-13-4-3-5-17-10-13;/h11,13,17H,2-10,12H2,1H3;1H. The van der Waals surface area contributed by atoms with E-state index in [0.717, 1.165) is 43.8 Å². The van der Waals surface area contributed by atoms with E-state index in [0.29, 0.717) is 11.5 Å². The van der Waals surface area contributed by atoms with Crippen LogP contribution in [0.4, 0.5) is 5.13 Å². The number of hydrogen-bond donors (Lipinski definition) is 1. The minimum absolute atomic E-state index is 0. The molecule has 136 valence electrons. The molecule has 2 saturated heterocycles. The van der Waals surface area contributed by atoms with Gasteiger partial charge in [-0.2, -0.15) is 0 Å². The molecule has 1 aromatic heterocycles. The molecule has 0 spiro atoms. The lowest BCUT2D eigenvalue weighted by molar-refractivity contribution is 0.0532. The molecule has 2 aliphatic heterocycles. The lowest BCUT2D eigenvalue weighted by Gasteiger charge is -2.37. The molecule has 3 rings (SSSR count).